The molecular weight excluding hydrogens is 422 g/mol. The van der Waals surface area contributed by atoms with E-state index in [0.717, 1.165) is 54.3 Å². The van der Waals surface area contributed by atoms with Gasteiger partial charge in [-0.2, -0.15) is 0 Å². The highest BCUT2D eigenvalue weighted by Crippen LogP contribution is 2.41. The predicted octanol–water partition coefficient (Wildman–Crippen LogP) is 4.42. The second-order valence-corrected chi connectivity index (χ2v) is 10.3. The van der Waals surface area contributed by atoms with E-state index in [1.165, 1.54) is 4.70 Å². The second-order valence-electron chi connectivity index (χ2n) is 9.27. The molecule has 1 aromatic heterocycles. The molecule has 5 rings (SSSR count). The first-order valence-corrected chi connectivity index (χ1v) is 12.1. The van der Waals surface area contributed by atoms with Crippen LogP contribution in [0.1, 0.15) is 32.3 Å². The second kappa shape index (κ2) is 8.62. The molecule has 0 radical (unpaired) electrons. The molecule has 7 heteroatoms. The summed E-state index contributed by atoms with van der Waals surface area (Å²) in [5.74, 6) is 1.81. The zero-order valence-electron chi connectivity index (χ0n) is 18.6. The number of nitrogens with zero attached hydrogens (tertiary/aromatic N) is 2. The lowest BCUT2D eigenvalue weighted by Gasteiger charge is -2.31. The number of nitrogens with one attached hydrogen (secondary N) is 1. The van der Waals surface area contributed by atoms with E-state index in [-0.39, 0.29) is 18.1 Å². The lowest BCUT2D eigenvalue weighted by molar-refractivity contribution is -0.123. The lowest BCUT2D eigenvalue weighted by Crippen LogP contribution is -2.39. The minimum Gasteiger partial charge on any atom is -0.483 e. The molecule has 1 saturated heterocycles. The predicted molar refractivity (Wildman–Crippen MR) is 128 cm³/mol. The lowest BCUT2D eigenvalue weighted by atomic mass is 9.97. The van der Waals surface area contributed by atoms with E-state index in [9.17, 15) is 4.79 Å². The number of carbonyl (C=O) groups excluding carboxylic acids is 1. The van der Waals surface area contributed by atoms with Gasteiger partial charge in [0.25, 0.3) is 5.91 Å². The molecular formula is C25H29N3O3S. The average molecular weight is 452 g/mol. The standard InChI is InChI=1S/C25H29N3O3S/c1-25(2)14-18-6-5-8-20(23(18)31-25)30-16-22(29)26-15-17-10-12-28(13-11-17)24-27-19-7-3-4-9-21(19)32-24/h3-9,17H,10-16H2,1-2H3,(H,26,29). The van der Waals surface area contributed by atoms with Crippen LogP contribution in [0.5, 0.6) is 11.5 Å². The number of amides is 1. The van der Waals surface area contributed by atoms with Gasteiger partial charge in [0.1, 0.15) is 5.60 Å². The van der Waals surface area contributed by atoms with Gasteiger partial charge in [0.2, 0.25) is 0 Å². The third-order valence-electron chi connectivity index (χ3n) is 6.17. The van der Waals surface area contributed by atoms with Gasteiger partial charge in [-0.1, -0.05) is 35.6 Å². The number of fused-ring (bicyclic) bond motifs is 2. The number of ether oxygens (including phenoxy) is 2. The first-order valence-electron chi connectivity index (χ1n) is 11.3. The summed E-state index contributed by atoms with van der Waals surface area (Å²) >= 11 is 1.75. The van der Waals surface area contributed by atoms with Crippen molar-refractivity contribution in [2.24, 2.45) is 5.92 Å². The highest BCUT2D eigenvalue weighted by atomic mass is 32.1. The number of anilines is 1. The highest BCUT2D eigenvalue weighted by Gasteiger charge is 2.32. The smallest absolute Gasteiger partial charge is 0.257 e. The molecule has 0 bridgehead atoms. The Balaban J connectivity index is 1.07. The minimum atomic E-state index is -0.232. The topological polar surface area (TPSA) is 63.7 Å². The molecule has 6 nitrogen and oxygen atoms in total. The molecule has 2 aliphatic heterocycles. The SMILES string of the molecule is CC1(C)Cc2cccc(OCC(=O)NCC3CCN(c4nc5ccccc5s4)CC3)c2O1. The first kappa shape index (κ1) is 21.1. The maximum Gasteiger partial charge on any atom is 0.257 e. The van der Waals surface area contributed by atoms with Crippen molar-refractivity contribution in [1.82, 2.24) is 10.3 Å². The van der Waals surface area contributed by atoms with Crippen LogP contribution in [0.4, 0.5) is 5.13 Å². The van der Waals surface area contributed by atoms with Crippen molar-refractivity contribution in [3.05, 3.63) is 48.0 Å². The molecule has 0 spiro atoms. The number of para-hydroxylation sites is 2. The quantitative estimate of drug-likeness (QED) is 0.601. The van der Waals surface area contributed by atoms with Crippen LogP contribution < -0.4 is 19.7 Å². The van der Waals surface area contributed by atoms with Gasteiger partial charge >= 0.3 is 0 Å². The minimum absolute atomic E-state index is 0.00475. The molecule has 1 amide bonds. The molecule has 168 valence electrons. The number of carbonyl (C=O) groups is 1. The molecule has 2 aromatic carbocycles. The summed E-state index contributed by atoms with van der Waals surface area (Å²) in [6.45, 7) is 6.76. The molecule has 3 heterocycles. The third-order valence-corrected chi connectivity index (χ3v) is 7.27. The van der Waals surface area contributed by atoms with Crippen molar-refractivity contribution in [2.75, 3.05) is 31.1 Å². The monoisotopic (exact) mass is 451 g/mol. The number of rotatable bonds is 6. The van der Waals surface area contributed by atoms with Gasteiger partial charge in [0, 0.05) is 31.6 Å². The van der Waals surface area contributed by atoms with Crippen molar-refractivity contribution < 1.29 is 14.3 Å². The summed E-state index contributed by atoms with van der Waals surface area (Å²) in [6.07, 6.45) is 2.94. The van der Waals surface area contributed by atoms with Crippen molar-refractivity contribution in [2.45, 2.75) is 38.7 Å². The summed E-state index contributed by atoms with van der Waals surface area (Å²) in [6, 6.07) is 14.2. The summed E-state index contributed by atoms with van der Waals surface area (Å²) < 4.78 is 13.0. The van der Waals surface area contributed by atoms with Crippen molar-refractivity contribution in [1.29, 1.82) is 0 Å². The van der Waals surface area contributed by atoms with E-state index >= 15 is 0 Å². The van der Waals surface area contributed by atoms with E-state index in [1.807, 2.05) is 18.2 Å². The summed E-state index contributed by atoms with van der Waals surface area (Å²) in [7, 11) is 0. The van der Waals surface area contributed by atoms with E-state index in [0.29, 0.717) is 18.2 Å². The Morgan fingerprint density at radius 2 is 2.03 bits per heavy atom. The largest absolute Gasteiger partial charge is 0.483 e. The number of hydrogen-bond donors (Lipinski definition) is 1. The van der Waals surface area contributed by atoms with Crippen molar-refractivity contribution in [3.8, 4) is 11.5 Å². The first-order chi connectivity index (χ1) is 15.5. The van der Waals surface area contributed by atoms with Gasteiger partial charge in [0.05, 0.1) is 10.2 Å². The Kier molecular flexibility index (Phi) is 5.67. The van der Waals surface area contributed by atoms with Crippen LogP contribution in [-0.2, 0) is 11.2 Å². The number of piperidine rings is 1. The average Bonchev–Trinajstić information content (AvgIpc) is 3.36. The Bertz CT molecular complexity index is 1090. The zero-order valence-corrected chi connectivity index (χ0v) is 19.4. The molecule has 0 aliphatic carbocycles. The van der Waals surface area contributed by atoms with E-state index in [2.05, 4.69) is 48.3 Å². The van der Waals surface area contributed by atoms with Crippen LogP contribution in [0.15, 0.2) is 42.5 Å². The Morgan fingerprint density at radius 3 is 2.84 bits per heavy atom. The van der Waals surface area contributed by atoms with Crippen molar-refractivity contribution >= 4 is 32.6 Å². The molecule has 1 fully saturated rings. The summed E-state index contributed by atoms with van der Waals surface area (Å²) in [5, 5.41) is 4.15. The van der Waals surface area contributed by atoms with E-state index in [1.54, 1.807) is 11.3 Å². The third kappa shape index (κ3) is 4.53. The number of thiazole rings is 1. The molecule has 32 heavy (non-hydrogen) atoms. The Hall–Kier alpha value is -2.80. The Morgan fingerprint density at radius 1 is 1.22 bits per heavy atom. The van der Waals surface area contributed by atoms with Crippen LogP contribution in [0, 0.1) is 5.92 Å². The fourth-order valence-electron chi connectivity index (χ4n) is 4.48. The fourth-order valence-corrected chi connectivity index (χ4v) is 5.49. The van der Waals surface area contributed by atoms with Gasteiger partial charge in [-0.25, -0.2) is 4.98 Å². The molecule has 0 saturated carbocycles. The van der Waals surface area contributed by atoms with Gasteiger partial charge in [-0.05, 0) is 50.8 Å². The molecule has 0 unspecified atom stereocenters. The van der Waals surface area contributed by atoms with Gasteiger partial charge in [-0.15, -0.1) is 0 Å². The molecule has 2 aliphatic rings. The molecule has 3 aromatic rings. The summed E-state index contributed by atoms with van der Waals surface area (Å²) in [5.41, 5.74) is 1.97. The maximum atomic E-state index is 12.4. The van der Waals surface area contributed by atoms with Crippen LogP contribution >= 0.6 is 11.3 Å². The van der Waals surface area contributed by atoms with Crippen LogP contribution in [0.3, 0.4) is 0 Å². The van der Waals surface area contributed by atoms with E-state index < -0.39 is 0 Å². The zero-order chi connectivity index (χ0) is 22.1. The summed E-state index contributed by atoms with van der Waals surface area (Å²) in [4.78, 5) is 19.5. The Labute approximate surface area is 192 Å². The van der Waals surface area contributed by atoms with Gasteiger partial charge < -0.3 is 19.7 Å². The number of aromatic nitrogens is 1. The maximum absolute atomic E-state index is 12.4. The van der Waals surface area contributed by atoms with Gasteiger partial charge in [-0.3, -0.25) is 4.79 Å². The van der Waals surface area contributed by atoms with Crippen molar-refractivity contribution in [3.63, 3.8) is 0 Å². The fraction of sp³-hybridized carbons (Fsp3) is 0.440. The number of hydrogen-bond acceptors (Lipinski definition) is 6. The number of benzene rings is 2. The molecule has 1 N–H and O–H groups in total. The normalized spacial score (nSPS) is 17.8. The van der Waals surface area contributed by atoms with E-state index in [4.69, 9.17) is 14.5 Å². The highest BCUT2D eigenvalue weighted by molar-refractivity contribution is 7.22. The van der Waals surface area contributed by atoms with Crippen LogP contribution in [-0.4, -0.2) is 42.7 Å². The van der Waals surface area contributed by atoms with Crippen LogP contribution in [0.2, 0.25) is 0 Å². The van der Waals surface area contributed by atoms with Crippen LogP contribution in [0.25, 0.3) is 10.2 Å². The van der Waals surface area contributed by atoms with Gasteiger partial charge in [0.15, 0.2) is 23.2 Å². The molecule has 0 atom stereocenters.